The van der Waals surface area contributed by atoms with Crippen molar-refractivity contribution in [3.05, 3.63) is 60.2 Å². The summed E-state index contributed by atoms with van der Waals surface area (Å²) in [6, 6.07) is 17.4. The molecular weight excluding hydrogens is 282 g/mol. The first-order valence-corrected chi connectivity index (χ1v) is 8.02. The molecule has 110 valence electrons. The molecule has 0 bridgehead atoms. The van der Waals surface area contributed by atoms with Crippen molar-refractivity contribution in [1.29, 1.82) is 0 Å². The molecule has 0 saturated carbocycles. The van der Waals surface area contributed by atoms with E-state index in [4.69, 9.17) is 4.74 Å². The first-order valence-electron chi connectivity index (χ1n) is 6.87. The van der Waals surface area contributed by atoms with Crippen LogP contribution in [-0.2, 0) is 4.79 Å². The molecule has 0 aliphatic rings. The van der Waals surface area contributed by atoms with Crippen LogP contribution in [0.25, 0.3) is 0 Å². The number of nitrogens with one attached hydrogen (secondary N) is 1. The standard InChI is InChI=1S/C17H19NO2S/c1-14-7-5-6-10-16(14)20-11-12-21-13-17(19)18-15-8-3-2-4-9-15/h2-10H,11-13H2,1H3,(H,18,19). The van der Waals surface area contributed by atoms with E-state index in [0.717, 1.165) is 22.8 Å². The normalized spacial score (nSPS) is 10.1. The number of benzene rings is 2. The van der Waals surface area contributed by atoms with Gasteiger partial charge < -0.3 is 10.1 Å². The zero-order valence-corrected chi connectivity index (χ0v) is 12.9. The van der Waals surface area contributed by atoms with Crippen LogP contribution in [0.2, 0.25) is 0 Å². The van der Waals surface area contributed by atoms with Gasteiger partial charge in [-0.25, -0.2) is 0 Å². The lowest BCUT2D eigenvalue weighted by Gasteiger charge is -2.08. The van der Waals surface area contributed by atoms with E-state index in [2.05, 4.69) is 5.32 Å². The smallest absolute Gasteiger partial charge is 0.234 e. The molecule has 1 amide bonds. The number of para-hydroxylation sites is 2. The summed E-state index contributed by atoms with van der Waals surface area (Å²) in [5, 5.41) is 2.86. The molecule has 0 unspecified atom stereocenters. The minimum atomic E-state index is 0.0158. The fraction of sp³-hybridized carbons (Fsp3) is 0.235. The third-order valence-corrected chi connectivity index (χ3v) is 3.79. The molecule has 0 atom stereocenters. The largest absolute Gasteiger partial charge is 0.492 e. The molecule has 0 spiro atoms. The maximum absolute atomic E-state index is 11.7. The van der Waals surface area contributed by atoms with E-state index in [-0.39, 0.29) is 5.91 Å². The van der Waals surface area contributed by atoms with Crippen molar-refractivity contribution in [3.63, 3.8) is 0 Å². The molecule has 3 nitrogen and oxygen atoms in total. The molecular formula is C17H19NO2S. The monoisotopic (exact) mass is 301 g/mol. The van der Waals surface area contributed by atoms with Crippen LogP contribution in [0, 0.1) is 6.92 Å². The maximum Gasteiger partial charge on any atom is 0.234 e. The topological polar surface area (TPSA) is 38.3 Å². The summed E-state index contributed by atoms with van der Waals surface area (Å²) >= 11 is 1.57. The van der Waals surface area contributed by atoms with Crippen molar-refractivity contribution in [2.24, 2.45) is 0 Å². The number of amides is 1. The number of hydrogen-bond donors (Lipinski definition) is 1. The van der Waals surface area contributed by atoms with Gasteiger partial charge in [-0.3, -0.25) is 4.79 Å². The van der Waals surface area contributed by atoms with E-state index in [1.54, 1.807) is 11.8 Å². The Morgan fingerprint density at radius 3 is 2.57 bits per heavy atom. The Morgan fingerprint density at radius 1 is 1.10 bits per heavy atom. The number of aryl methyl sites for hydroxylation is 1. The first-order chi connectivity index (χ1) is 10.3. The van der Waals surface area contributed by atoms with Crippen molar-refractivity contribution >= 4 is 23.4 Å². The zero-order valence-electron chi connectivity index (χ0n) is 12.0. The van der Waals surface area contributed by atoms with E-state index in [0.29, 0.717) is 12.4 Å². The van der Waals surface area contributed by atoms with Crippen LogP contribution in [0.4, 0.5) is 5.69 Å². The summed E-state index contributed by atoms with van der Waals surface area (Å²) in [6.07, 6.45) is 0. The van der Waals surface area contributed by atoms with Gasteiger partial charge >= 0.3 is 0 Å². The number of thioether (sulfide) groups is 1. The number of ether oxygens (including phenoxy) is 1. The van der Waals surface area contributed by atoms with Gasteiger partial charge in [0.15, 0.2) is 0 Å². The second-order valence-electron chi connectivity index (χ2n) is 4.58. The Kier molecular flexibility index (Phi) is 6.16. The van der Waals surface area contributed by atoms with Crippen molar-refractivity contribution in [2.45, 2.75) is 6.92 Å². The highest BCUT2D eigenvalue weighted by atomic mass is 32.2. The summed E-state index contributed by atoms with van der Waals surface area (Å²) in [5.74, 6) is 2.15. The SMILES string of the molecule is Cc1ccccc1OCCSCC(=O)Nc1ccccc1. The van der Waals surface area contributed by atoms with Gasteiger partial charge in [0.05, 0.1) is 12.4 Å². The third-order valence-electron chi connectivity index (χ3n) is 2.87. The van der Waals surface area contributed by atoms with Crippen LogP contribution < -0.4 is 10.1 Å². The van der Waals surface area contributed by atoms with E-state index < -0.39 is 0 Å². The van der Waals surface area contributed by atoms with Crippen LogP contribution in [0.1, 0.15) is 5.56 Å². The molecule has 21 heavy (non-hydrogen) atoms. The fourth-order valence-corrected chi connectivity index (χ4v) is 2.42. The lowest BCUT2D eigenvalue weighted by atomic mass is 10.2. The van der Waals surface area contributed by atoms with Crippen LogP contribution in [0.15, 0.2) is 54.6 Å². The number of hydrogen-bond acceptors (Lipinski definition) is 3. The van der Waals surface area contributed by atoms with Crippen LogP contribution in [0.3, 0.4) is 0 Å². The van der Waals surface area contributed by atoms with E-state index >= 15 is 0 Å². The van der Waals surface area contributed by atoms with Gasteiger partial charge in [-0.1, -0.05) is 36.4 Å². The first kappa shape index (κ1) is 15.4. The second kappa shape index (κ2) is 8.37. The molecule has 2 aromatic carbocycles. The predicted octanol–water partition coefficient (Wildman–Crippen LogP) is 3.75. The van der Waals surface area contributed by atoms with Gasteiger partial charge in [0, 0.05) is 11.4 Å². The maximum atomic E-state index is 11.7. The molecule has 2 aromatic rings. The van der Waals surface area contributed by atoms with E-state index in [1.807, 2.05) is 61.5 Å². The molecule has 0 aliphatic heterocycles. The average Bonchev–Trinajstić information content (AvgIpc) is 2.50. The summed E-state index contributed by atoms with van der Waals surface area (Å²) in [7, 11) is 0. The fourth-order valence-electron chi connectivity index (χ4n) is 1.81. The minimum Gasteiger partial charge on any atom is -0.492 e. The third kappa shape index (κ3) is 5.52. The number of anilines is 1. The number of rotatable bonds is 7. The van der Waals surface area contributed by atoms with E-state index in [1.165, 1.54) is 0 Å². The molecule has 0 fully saturated rings. The minimum absolute atomic E-state index is 0.0158. The summed E-state index contributed by atoms with van der Waals surface area (Å²) in [4.78, 5) is 11.7. The van der Waals surface area contributed by atoms with Gasteiger partial charge in [-0.05, 0) is 30.7 Å². The molecule has 0 radical (unpaired) electrons. The van der Waals surface area contributed by atoms with Crippen LogP contribution in [0.5, 0.6) is 5.75 Å². The summed E-state index contributed by atoms with van der Waals surface area (Å²) in [5.41, 5.74) is 1.96. The van der Waals surface area contributed by atoms with Crippen molar-refractivity contribution in [1.82, 2.24) is 0 Å². The van der Waals surface area contributed by atoms with Gasteiger partial charge in [0.2, 0.25) is 5.91 Å². The Hall–Kier alpha value is -1.94. The highest BCUT2D eigenvalue weighted by Crippen LogP contribution is 2.16. The molecule has 2 rings (SSSR count). The summed E-state index contributed by atoms with van der Waals surface area (Å²) < 4.78 is 5.68. The van der Waals surface area contributed by atoms with Gasteiger partial charge in [-0.2, -0.15) is 0 Å². The predicted molar refractivity (Wildman–Crippen MR) is 89.1 cm³/mol. The molecule has 1 N–H and O–H groups in total. The molecule has 0 aliphatic carbocycles. The van der Waals surface area contributed by atoms with Crippen molar-refractivity contribution in [3.8, 4) is 5.75 Å². The highest BCUT2D eigenvalue weighted by Gasteiger charge is 2.02. The Bertz CT molecular complexity index is 572. The van der Waals surface area contributed by atoms with Crippen molar-refractivity contribution < 1.29 is 9.53 Å². The van der Waals surface area contributed by atoms with Crippen molar-refractivity contribution in [2.75, 3.05) is 23.4 Å². The average molecular weight is 301 g/mol. The van der Waals surface area contributed by atoms with Gasteiger partial charge in [0.25, 0.3) is 0 Å². The molecule has 0 saturated heterocycles. The van der Waals surface area contributed by atoms with Crippen LogP contribution in [-0.4, -0.2) is 24.0 Å². The molecule has 4 heteroatoms. The Morgan fingerprint density at radius 2 is 1.81 bits per heavy atom. The number of carbonyl (C=O) groups is 1. The summed E-state index contributed by atoms with van der Waals surface area (Å²) in [6.45, 7) is 2.63. The van der Waals surface area contributed by atoms with Gasteiger partial charge in [0.1, 0.15) is 5.75 Å². The molecule has 0 heterocycles. The zero-order chi connectivity index (χ0) is 14.9. The lowest BCUT2D eigenvalue weighted by molar-refractivity contribution is -0.113. The van der Waals surface area contributed by atoms with Crippen LogP contribution >= 0.6 is 11.8 Å². The highest BCUT2D eigenvalue weighted by molar-refractivity contribution is 7.99. The number of carbonyl (C=O) groups excluding carboxylic acids is 1. The Labute approximate surface area is 129 Å². The van der Waals surface area contributed by atoms with E-state index in [9.17, 15) is 4.79 Å². The quantitative estimate of drug-likeness (QED) is 0.792. The molecule has 0 aromatic heterocycles. The second-order valence-corrected chi connectivity index (χ2v) is 5.69. The van der Waals surface area contributed by atoms with Gasteiger partial charge in [-0.15, -0.1) is 11.8 Å². The lowest BCUT2D eigenvalue weighted by Crippen LogP contribution is -2.15. The Balaban J connectivity index is 1.62.